The van der Waals surface area contributed by atoms with Crippen molar-refractivity contribution < 1.29 is 0 Å². The minimum atomic E-state index is 0.797. The van der Waals surface area contributed by atoms with Gasteiger partial charge in [-0.1, -0.05) is 35.9 Å². The summed E-state index contributed by atoms with van der Waals surface area (Å²) < 4.78 is 0. The molecule has 2 aromatic heterocycles. The Morgan fingerprint density at radius 3 is 2.50 bits per heavy atom. The fourth-order valence-corrected chi connectivity index (χ4v) is 1.83. The molecular formula is C15H13N3. The Kier molecular flexibility index (Phi) is 2.65. The summed E-state index contributed by atoms with van der Waals surface area (Å²) >= 11 is 0. The molecule has 1 aromatic carbocycles. The molecule has 18 heavy (non-hydrogen) atoms. The van der Waals surface area contributed by atoms with Crippen molar-refractivity contribution in [3.05, 3.63) is 60.4 Å². The van der Waals surface area contributed by atoms with Crippen LogP contribution >= 0.6 is 0 Å². The number of nitrogens with zero attached hydrogens (tertiary/aromatic N) is 2. The van der Waals surface area contributed by atoms with E-state index in [1.54, 1.807) is 6.20 Å². The molecule has 1 N–H and O–H groups in total. The lowest BCUT2D eigenvalue weighted by atomic mass is 10.1. The van der Waals surface area contributed by atoms with Crippen molar-refractivity contribution in [1.29, 1.82) is 0 Å². The third-order valence-electron chi connectivity index (χ3n) is 2.85. The lowest BCUT2D eigenvalue weighted by Gasteiger charge is -1.98. The number of rotatable bonds is 2. The summed E-state index contributed by atoms with van der Waals surface area (Å²) in [4.78, 5) is 11.9. The number of aromatic amines is 1. The number of aromatic nitrogens is 3. The largest absolute Gasteiger partial charge is 0.337 e. The minimum Gasteiger partial charge on any atom is -0.337 e. The van der Waals surface area contributed by atoms with Gasteiger partial charge in [-0.2, -0.15) is 0 Å². The van der Waals surface area contributed by atoms with Crippen molar-refractivity contribution in [3.8, 4) is 22.8 Å². The number of H-pyrrole nitrogens is 1. The van der Waals surface area contributed by atoms with Crippen molar-refractivity contribution in [2.24, 2.45) is 0 Å². The van der Waals surface area contributed by atoms with E-state index in [9.17, 15) is 0 Å². The third kappa shape index (κ3) is 2.02. The molecule has 3 aromatic rings. The van der Waals surface area contributed by atoms with Crippen molar-refractivity contribution >= 4 is 0 Å². The van der Waals surface area contributed by atoms with Crippen molar-refractivity contribution in [3.63, 3.8) is 0 Å². The molecule has 88 valence electrons. The lowest BCUT2D eigenvalue weighted by molar-refractivity contribution is 1.22. The molecule has 0 aliphatic rings. The van der Waals surface area contributed by atoms with E-state index >= 15 is 0 Å². The molecule has 0 aliphatic carbocycles. The third-order valence-corrected chi connectivity index (χ3v) is 2.85. The highest BCUT2D eigenvalue weighted by Gasteiger charge is 2.05. The first-order valence-corrected chi connectivity index (χ1v) is 5.86. The van der Waals surface area contributed by atoms with Crippen LogP contribution in [0.1, 0.15) is 5.56 Å². The molecule has 0 radical (unpaired) electrons. The summed E-state index contributed by atoms with van der Waals surface area (Å²) in [5, 5.41) is 0. The summed E-state index contributed by atoms with van der Waals surface area (Å²) in [5.41, 5.74) is 4.25. The highest BCUT2D eigenvalue weighted by molar-refractivity contribution is 5.62. The second-order valence-corrected chi connectivity index (χ2v) is 4.23. The van der Waals surface area contributed by atoms with E-state index in [1.807, 2.05) is 24.4 Å². The second-order valence-electron chi connectivity index (χ2n) is 4.23. The average Bonchev–Trinajstić information content (AvgIpc) is 2.90. The van der Waals surface area contributed by atoms with Crippen molar-refractivity contribution in [2.45, 2.75) is 6.92 Å². The van der Waals surface area contributed by atoms with Crippen molar-refractivity contribution in [1.82, 2.24) is 15.0 Å². The molecule has 3 heteroatoms. The first-order chi connectivity index (χ1) is 8.83. The van der Waals surface area contributed by atoms with E-state index in [2.05, 4.69) is 46.1 Å². The molecular weight excluding hydrogens is 222 g/mol. The van der Waals surface area contributed by atoms with Gasteiger partial charge < -0.3 is 4.98 Å². The zero-order valence-electron chi connectivity index (χ0n) is 10.1. The van der Waals surface area contributed by atoms with Crippen LogP contribution in [0.25, 0.3) is 22.8 Å². The van der Waals surface area contributed by atoms with Crippen LogP contribution in [0.15, 0.2) is 54.9 Å². The molecule has 0 saturated carbocycles. The van der Waals surface area contributed by atoms with Gasteiger partial charge in [-0.25, -0.2) is 4.98 Å². The molecule has 2 heterocycles. The number of hydrogen-bond donors (Lipinski definition) is 1. The van der Waals surface area contributed by atoms with Crippen LogP contribution in [0.4, 0.5) is 0 Å². The number of nitrogens with one attached hydrogen (secondary N) is 1. The lowest BCUT2D eigenvalue weighted by Crippen LogP contribution is -1.84. The number of benzene rings is 1. The summed E-state index contributed by atoms with van der Waals surface area (Å²) in [6, 6.07) is 14.2. The minimum absolute atomic E-state index is 0.797. The summed E-state index contributed by atoms with van der Waals surface area (Å²) in [7, 11) is 0. The topological polar surface area (TPSA) is 41.6 Å². The molecule has 0 spiro atoms. The van der Waals surface area contributed by atoms with Gasteiger partial charge in [-0.15, -0.1) is 0 Å². The Morgan fingerprint density at radius 2 is 1.78 bits per heavy atom. The normalized spacial score (nSPS) is 10.5. The zero-order chi connectivity index (χ0) is 12.4. The summed E-state index contributed by atoms with van der Waals surface area (Å²) in [5.74, 6) is 0.797. The van der Waals surface area contributed by atoms with Crippen LogP contribution in [0.3, 0.4) is 0 Å². The first kappa shape index (κ1) is 10.7. The van der Waals surface area contributed by atoms with E-state index in [0.717, 1.165) is 22.8 Å². The average molecular weight is 235 g/mol. The molecule has 0 saturated heterocycles. The Balaban J connectivity index is 1.97. The van der Waals surface area contributed by atoms with E-state index in [-0.39, 0.29) is 0 Å². The predicted octanol–water partition coefficient (Wildman–Crippen LogP) is 3.45. The summed E-state index contributed by atoms with van der Waals surface area (Å²) in [6.07, 6.45) is 3.61. The van der Waals surface area contributed by atoms with Gasteiger partial charge in [0.2, 0.25) is 0 Å². The van der Waals surface area contributed by atoms with Gasteiger partial charge in [0.1, 0.15) is 5.69 Å². The van der Waals surface area contributed by atoms with Gasteiger partial charge in [0.25, 0.3) is 0 Å². The summed E-state index contributed by atoms with van der Waals surface area (Å²) in [6.45, 7) is 2.08. The predicted molar refractivity (Wildman–Crippen MR) is 72.0 cm³/mol. The van der Waals surface area contributed by atoms with Crippen LogP contribution in [-0.4, -0.2) is 15.0 Å². The zero-order valence-corrected chi connectivity index (χ0v) is 10.1. The smallest absolute Gasteiger partial charge is 0.156 e. The Morgan fingerprint density at radius 1 is 0.944 bits per heavy atom. The van der Waals surface area contributed by atoms with E-state index in [1.165, 1.54) is 5.56 Å². The van der Waals surface area contributed by atoms with E-state index in [0.29, 0.717) is 0 Å². The number of pyridine rings is 1. The fourth-order valence-electron chi connectivity index (χ4n) is 1.83. The highest BCUT2D eigenvalue weighted by Crippen LogP contribution is 2.20. The SMILES string of the molecule is Cc1ccc(-c2cnc(-c3ccccn3)[nH]2)cc1. The van der Waals surface area contributed by atoms with Crippen LogP contribution in [0.2, 0.25) is 0 Å². The highest BCUT2D eigenvalue weighted by atomic mass is 14.9. The second kappa shape index (κ2) is 4.45. The van der Waals surface area contributed by atoms with Gasteiger partial charge in [0, 0.05) is 6.20 Å². The Labute approximate surface area is 106 Å². The van der Waals surface area contributed by atoms with Gasteiger partial charge in [-0.05, 0) is 24.6 Å². The monoisotopic (exact) mass is 235 g/mol. The van der Waals surface area contributed by atoms with Crippen LogP contribution in [-0.2, 0) is 0 Å². The molecule has 0 atom stereocenters. The van der Waals surface area contributed by atoms with Gasteiger partial charge in [-0.3, -0.25) is 4.98 Å². The van der Waals surface area contributed by atoms with E-state index < -0.39 is 0 Å². The standard InChI is InChI=1S/C15H13N3/c1-11-5-7-12(8-6-11)14-10-17-15(18-14)13-4-2-3-9-16-13/h2-10H,1H3,(H,17,18). The molecule has 3 rings (SSSR count). The van der Waals surface area contributed by atoms with Gasteiger partial charge >= 0.3 is 0 Å². The fraction of sp³-hybridized carbons (Fsp3) is 0.0667. The van der Waals surface area contributed by atoms with Crippen LogP contribution in [0.5, 0.6) is 0 Å². The first-order valence-electron chi connectivity index (χ1n) is 5.86. The Hall–Kier alpha value is -2.42. The molecule has 0 bridgehead atoms. The number of imidazole rings is 1. The maximum atomic E-state index is 4.37. The number of hydrogen-bond acceptors (Lipinski definition) is 2. The van der Waals surface area contributed by atoms with E-state index in [4.69, 9.17) is 0 Å². The van der Waals surface area contributed by atoms with Crippen LogP contribution in [0, 0.1) is 6.92 Å². The maximum Gasteiger partial charge on any atom is 0.156 e. The molecule has 3 nitrogen and oxygen atoms in total. The van der Waals surface area contributed by atoms with Gasteiger partial charge in [0.05, 0.1) is 11.9 Å². The van der Waals surface area contributed by atoms with Crippen molar-refractivity contribution in [2.75, 3.05) is 0 Å². The molecule has 0 amide bonds. The van der Waals surface area contributed by atoms with Crippen LogP contribution < -0.4 is 0 Å². The quantitative estimate of drug-likeness (QED) is 0.739. The molecule has 0 unspecified atom stereocenters. The molecule has 0 fully saturated rings. The Bertz CT molecular complexity index is 639. The molecule has 0 aliphatic heterocycles. The van der Waals surface area contributed by atoms with Gasteiger partial charge in [0.15, 0.2) is 5.82 Å². The number of aryl methyl sites for hydroxylation is 1. The maximum absolute atomic E-state index is 4.37.